The Bertz CT molecular complexity index is 929. The monoisotopic (exact) mass is 428 g/mol. The number of carbonyl (C=O) groups is 3. The van der Waals surface area contributed by atoms with Crippen LogP contribution in [0.4, 0.5) is 4.79 Å². The first-order chi connectivity index (χ1) is 12.7. The van der Waals surface area contributed by atoms with E-state index in [2.05, 4.69) is 5.32 Å². The van der Waals surface area contributed by atoms with Crippen LogP contribution in [0.1, 0.15) is 18.4 Å². The minimum Gasteiger partial charge on any atom is -0.352 e. The van der Waals surface area contributed by atoms with Crippen LogP contribution in [-0.2, 0) is 19.4 Å². The molecule has 1 aromatic carbocycles. The molecular formula is C17H17ClN2O5S2. The van der Waals surface area contributed by atoms with Crippen LogP contribution in [-0.4, -0.2) is 54.5 Å². The van der Waals surface area contributed by atoms with E-state index in [0.29, 0.717) is 17.0 Å². The quantitative estimate of drug-likeness (QED) is 0.720. The van der Waals surface area contributed by atoms with Gasteiger partial charge in [0.1, 0.15) is 0 Å². The Hall–Kier alpha value is -1.84. The highest BCUT2D eigenvalue weighted by Crippen LogP contribution is 2.33. The number of halogens is 1. The van der Waals surface area contributed by atoms with Gasteiger partial charge in [0.05, 0.1) is 16.4 Å². The molecule has 2 fully saturated rings. The number of hydrogen-bond donors (Lipinski definition) is 1. The Morgan fingerprint density at radius 3 is 2.74 bits per heavy atom. The molecule has 2 aliphatic heterocycles. The van der Waals surface area contributed by atoms with Gasteiger partial charge in [-0.15, -0.1) is 0 Å². The summed E-state index contributed by atoms with van der Waals surface area (Å²) in [6, 6.07) is 6.55. The molecule has 2 aliphatic rings. The van der Waals surface area contributed by atoms with Crippen molar-refractivity contribution in [2.45, 2.75) is 18.9 Å². The summed E-state index contributed by atoms with van der Waals surface area (Å²) in [6.07, 6.45) is 1.86. The molecule has 0 aromatic heterocycles. The van der Waals surface area contributed by atoms with Gasteiger partial charge in [-0.25, -0.2) is 8.42 Å². The van der Waals surface area contributed by atoms with E-state index in [4.69, 9.17) is 11.6 Å². The fraction of sp³-hybridized carbons (Fsp3) is 0.353. The zero-order chi connectivity index (χ0) is 19.6. The summed E-state index contributed by atoms with van der Waals surface area (Å²) < 4.78 is 22.8. The van der Waals surface area contributed by atoms with Gasteiger partial charge in [-0.05, 0) is 35.9 Å². The highest BCUT2D eigenvalue weighted by Gasteiger charge is 2.35. The van der Waals surface area contributed by atoms with E-state index >= 15 is 0 Å². The van der Waals surface area contributed by atoms with E-state index in [0.717, 1.165) is 16.7 Å². The third-order valence-corrected chi connectivity index (χ3v) is 7.24. The number of rotatable bonds is 5. The highest BCUT2D eigenvalue weighted by molar-refractivity contribution is 8.18. The first kappa shape index (κ1) is 19.9. The van der Waals surface area contributed by atoms with E-state index in [1.54, 1.807) is 30.3 Å². The normalized spacial score (nSPS) is 23.2. The Kier molecular flexibility index (Phi) is 5.92. The zero-order valence-electron chi connectivity index (χ0n) is 14.2. The van der Waals surface area contributed by atoms with Crippen LogP contribution >= 0.6 is 23.4 Å². The van der Waals surface area contributed by atoms with Crippen molar-refractivity contribution in [3.63, 3.8) is 0 Å². The molecule has 3 rings (SSSR count). The summed E-state index contributed by atoms with van der Waals surface area (Å²) in [6.45, 7) is -0.0597. The molecule has 0 bridgehead atoms. The molecule has 0 spiro atoms. The number of hydrogen-bond acceptors (Lipinski definition) is 6. The van der Waals surface area contributed by atoms with Gasteiger partial charge < -0.3 is 5.32 Å². The van der Waals surface area contributed by atoms with Crippen molar-refractivity contribution < 1.29 is 22.8 Å². The van der Waals surface area contributed by atoms with Crippen LogP contribution in [0.15, 0.2) is 29.2 Å². The van der Waals surface area contributed by atoms with Gasteiger partial charge in [0.15, 0.2) is 9.84 Å². The third kappa shape index (κ3) is 4.91. The number of sulfone groups is 1. The maximum absolute atomic E-state index is 12.4. The second-order valence-corrected chi connectivity index (χ2v) is 9.90. The number of amides is 3. The van der Waals surface area contributed by atoms with Gasteiger partial charge in [0.2, 0.25) is 5.91 Å². The van der Waals surface area contributed by atoms with Gasteiger partial charge in [0.25, 0.3) is 11.1 Å². The molecule has 27 heavy (non-hydrogen) atoms. The average molecular weight is 429 g/mol. The molecule has 0 radical (unpaired) electrons. The van der Waals surface area contributed by atoms with Crippen molar-refractivity contribution in [2.24, 2.45) is 0 Å². The van der Waals surface area contributed by atoms with Crippen molar-refractivity contribution in [3.05, 3.63) is 39.8 Å². The molecule has 2 saturated heterocycles. The topological polar surface area (TPSA) is 101 Å². The van der Waals surface area contributed by atoms with Gasteiger partial charge in [-0.3, -0.25) is 19.3 Å². The molecule has 7 nitrogen and oxygen atoms in total. The van der Waals surface area contributed by atoms with E-state index in [1.807, 2.05) is 0 Å². The maximum Gasteiger partial charge on any atom is 0.293 e. The van der Waals surface area contributed by atoms with Crippen LogP contribution in [0.25, 0.3) is 6.08 Å². The first-order valence-corrected chi connectivity index (χ1v) is 11.3. The van der Waals surface area contributed by atoms with Crippen LogP contribution in [0.3, 0.4) is 0 Å². The van der Waals surface area contributed by atoms with Crippen LogP contribution in [0.5, 0.6) is 0 Å². The number of carbonyl (C=O) groups excluding carboxylic acids is 3. The molecule has 0 unspecified atom stereocenters. The van der Waals surface area contributed by atoms with Gasteiger partial charge in [-0.1, -0.05) is 29.8 Å². The van der Waals surface area contributed by atoms with Gasteiger partial charge in [0, 0.05) is 24.0 Å². The second-order valence-electron chi connectivity index (χ2n) is 6.27. The molecule has 0 aliphatic carbocycles. The SMILES string of the molecule is O=C(CCN1C(=O)S/C(=C/c2ccccc2Cl)C1=O)N[C@@H]1CCS(=O)(=O)C1. The molecule has 10 heteroatoms. The van der Waals surface area contributed by atoms with E-state index in [1.165, 1.54) is 0 Å². The van der Waals surface area contributed by atoms with Crippen LogP contribution in [0.2, 0.25) is 5.02 Å². The van der Waals surface area contributed by atoms with Gasteiger partial charge in [-0.2, -0.15) is 0 Å². The molecule has 3 amide bonds. The highest BCUT2D eigenvalue weighted by atomic mass is 35.5. The molecule has 1 N–H and O–H groups in total. The van der Waals surface area contributed by atoms with Gasteiger partial charge >= 0.3 is 0 Å². The summed E-state index contributed by atoms with van der Waals surface area (Å²) in [7, 11) is -3.08. The van der Waals surface area contributed by atoms with E-state index in [-0.39, 0.29) is 35.3 Å². The van der Waals surface area contributed by atoms with Crippen molar-refractivity contribution in [1.82, 2.24) is 10.2 Å². The summed E-state index contributed by atoms with van der Waals surface area (Å²) in [5, 5.41) is 2.66. The predicted molar refractivity (Wildman–Crippen MR) is 104 cm³/mol. The summed E-state index contributed by atoms with van der Waals surface area (Å²) in [5.41, 5.74) is 0.629. The standard InChI is InChI=1S/C17H17ClN2O5S2/c18-13-4-2-1-3-11(13)9-14-16(22)20(17(23)26-14)7-5-15(21)19-12-6-8-27(24,25)10-12/h1-4,9,12H,5-8,10H2,(H,19,21)/b14-9+/t12-/m1/s1. The number of imide groups is 1. The third-order valence-electron chi connectivity index (χ3n) is 4.23. The Morgan fingerprint density at radius 2 is 2.07 bits per heavy atom. The number of nitrogens with one attached hydrogen (secondary N) is 1. The lowest BCUT2D eigenvalue weighted by atomic mass is 10.2. The average Bonchev–Trinajstić information content (AvgIpc) is 3.07. The summed E-state index contributed by atoms with van der Waals surface area (Å²) in [5.74, 6) is -0.859. The lowest BCUT2D eigenvalue weighted by molar-refractivity contribution is -0.124. The lowest BCUT2D eigenvalue weighted by Gasteiger charge is -2.14. The summed E-state index contributed by atoms with van der Waals surface area (Å²) in [4.78, 5) is 37.8. The smallest absolute Gasteiger partial charge is 0.293 e. The Balaban J connectivity index is 1.58. The van der Waals surface area contributed by atoms with Crippen LogP contribution < -0.4 is 5.32 Å². The van der Waals surface area contributed by atoms with Crippen molar-refractivity contribution >= 4 is 56.3 Å². The molecule has 144 valence electrons. The number of nitrogens with zero attached hydrogens (tertiary/aromatic N) is 1. The molecule has 1 atom stereocenters. The fourth-order valence-corrected chi connectivity index (χ4v) is 5.57. The minimum absolute atomic E-state index is 0.0597. The van der Waals surface area contributed by atoms with E-state index in [9.17, 15) is 22.8 Å². The van der Waals surface area contributed by atoms with Crippen molar-refractivity contribution in [1.29, 1.82) is 0 Å². The second kappa shape index (κ2) is 8.04. The van der Waals surface area contributed by atoms with E-state index < -0.39 is 27.0 Å². The van der Waals surface area contributed by atoms with Crippen molar-refractivity contribution in [3.8, 4) is 0 Å². The molecule has 1 aromatic rings. The van der Waals surface area contributed by atoms with Crippen molar-refractivity contribution in [2.75, 3.05) is 18.1 Å². The lowest BCUT2D eigenvalue weighted by Crippen LogP contribution is -2.38. The molecule has 0 saturated carbocycles. The summed E-state index contributed by atoms with van der Waals surface area (Å²) >= 11 is 6.87. The number of thioether (sulfide) groups is 1. The maximum atomic E-state index is 12.4. The molecule has 2 heterocycles. The minimum atomic E-state index is -3.08. The fourth-order valence-electron chi connectivity index (χ4n) is 2.85. The first-order valence-electron chi connectivity index (χ1n) is 8.25. The number of benzene rings is 1. The Morgan fingerprint density at radius 1 is 1.33 bits per heavy atom. The zero-order valence-corrected chi connectivity index (χ0v) is 16.6. The Labute approximate surface area is 166 Å². The largest absolute Gasteiger partial charge is 0.352 e. The molecular weight excluding hydrogens is 412 g/mol. The van der Waals surface area contributed by atoms with Crippen LogP contribution in [0, 0.1) is 0 Å². The predicted octanol–water partition coefficient (Wildman–Crippen LogP) is 2.07.